The molecule has 13 heteroatoms. The number of aliphatic hydroxyl groups is 1. The second kappa shape index (κ2) is 12.2. The lowest BCUT2D eigenvalue weighted by Gasteiger charge is -2.15. The van der Waals surface area contributed by atoms with Crippen LogP contribution in [0.25, 0.3) is 0 Å². The molecule has 1 fully saturated rings. The minimum absolute atomic E-state index is 0.00909. The molecular weight excluding hydrogens is 532 g/mol. The maximum absolute atomic E-state index is 13.3. The molecule has 0 unspecified atom stereocenters. The smallest absolute Gasteiger partial charge is 0.333 e. The quantitative estimate of drug-likeness (QED) is 0.280. The number of aromatic nitrogens is 2. The highest BCUT2D eigenvalue weighted by atomic mass is 32.2. The number of nitrogens with zero attached hydrogens (tertiary/aromatic N) is 2. The molecule has 4 rings (SSSR count). The Morgan fingerprint density at radius 1 is 1.26 bits per heavy atom. The molecule has 204 valence electrons. The number of thiophene rings is 1. The van der Waals surface area contributed by atoms with Gasteiger partial charge in [0.2, 0.25) is 5.78 Å². The fraction of sp³-hybridized carbons (Fsp3) is 0.400. The number of carbonyl (C=O) groups is 1. The van der Waals surface area contributed by atoms with Crippen LogP contribution in [-0.4, -0.2) is 54.1 Å². The van der Waals surface area contributed by atoms with Crippen LogP contribution < -0.4 is 19.9 Å². The summed E-state index contributed by atoms with van der Waals surface area (Å²) in [4.78, 5) is 22.1. The molecule has 1 aliphatic rings. The van der Waals surface area contributed by atoms with Crippen molar-refractivity contribution in [3.63, 3.8) is 0 Å². The number of anilines is 1. The fourth-order valence-electron chi connectivity index (χ4n) is 4.17. The van der Waals surface area contributed by atoms with Gasteiger partial charge >= 0.3 is 10.3 Å². The van der Waals surface area contributed by atoms with Crippen LogP contribution in [0.4, 0.5) is 5.82 Å². The Bertz CT molecular complexity index is 1360. The highest BCUT2D eigenvalue weighted by molar-refractivity contribution is 7.84. The molecule has 1 aliphatic carbocycles. The summed E-state index contributed by atoms with van der Waals surface area (Å²) in [5.74, 6) is 0.931. The topological polar surface area (TPSA) is 163 Å². The Hall–Kier alpha value is -3.10. The zero-order valence-electron chi connectivity index (χ0n) is 20.9. The summed E-state index contributed by atoms with van der Waals surface area (Å²) in [5, 5.41) is 20.2. The van der Waals surface area contributed by atoms with Crippen molar-refractivity contribution in [1.82, 2.24) is 9.97 Å². The van der Waals surface area contributed by atoms with E-state index in [9.17, 15) is 18.3 Å². The van der Waals surface area contributed by atoms with Crippen molar-refractivity contribution in [2.75, 3.05) is 11.9 Å². The lowest BCUT2D eigenvalue weighted by molar-refractivity contribution is 0.101. The first kappa shape index (κ1) is 27.9. The summed E-state index contributed by atoms with van der Waals surface area (Å²) in [5.41, 5.74) is 1.12. The standard InChI is InChI=1S/C25H30N4O7S2/c1-15(2)36-22-6-4-3-5-21(22)34-11-16-7-23(37-13-16)24(31)19-10-27-14-28-25(19)29-18-8-17(20(30)9-18)12-35-38(26,32)33/h3-7,10,13-15,17-18,20,30H,8-9,11-12H2,1-2H3,(H2,26,32,33)(H,27,28,29)/t17-,18-,20+/m1/s1. The molecule has 0 amide bonds. The van der Waals surface area contributed by atoms with Gasteiger partial charge in [-0.15, -0.1) is 11.3 Å². The highest BCUT2D eigenvalue weighted by Crippen LogP contribution is 2.31. The summed E-state index contributed by atoms with van der Waals surface area (Å²) < 4.78 is 38.5. The van der Waals surface area contributed by atoms with E-state index in [0.29, 0.717) is 35.0 Å². The predicted octanol–water partition coefficient (Wildman–Crippen LogP) is 2.91. The van der Waals surface area contributed by atoms with Gasteiger partial charge in [-0.25, -0.2) is 15.1 Å². The van der Waals surface area contributed by atoms with E-state index < -0.39 is 22.3 Å². The van der Waals surface area contributed by atoms with Crippen molar-refractivity contribution in [3.8, 4) is 11.5 Å². The predicted molar refractivity (Wildman–Crippen MR) is 142 cm³/mol. The molecule has 1 saturated carbocycles. The fourth-order valence-corrected chi connectivity index (χ4v) is 5.39. The molecular formula is C25H30N4O7S2. The maximum atomic E-state index is 13.3. The van der Waals surface area contributed by atoms with Crippen LogP contribution in [0.1, 0.15) is 47.5 Å². The Labute approximate surface area is 225 Å². The molecule has 4 N–H and O–H groups in total. The average molecular weight is 563 g/mol. The van der Waals surface area contributed by atoms with Crippen molar-refractivity contribution in [2.45, 2.75) is 51.5 Å². The van der Waals surface area contributed by atoms with E-state index in [0.717, 1.165) is 5.56 Å². The van der Waals surface area contributed by atoms with Gasteiger partial charge in [0.05, 0.1) is 29.3 Å². The molecule has 38 heavy (non-hydrogen) atoms. The molecule has 0 saturated heterocycles. The first-order chi connectivity index (χ1) is 18.1. The Morgan fingerprint density at radius 3 is 2.76 bits per heavy atom. The average Bonchev–Trinajstić information content (AvgIpc) is 3.47. The van der Waals surface area contributed by atoms with Crippen molar-refractivity contribution < 1.29 is 32.0 Å². The van der Waals surface area contributed by atoms with E-state index in [1.807, 2.05) is 43.5 Å². The second-order valence-corrected chi connectivity index (χ2v) is 11.4. The van der Waals surface area contributed by atoms with Crippen LogP contribution >= 0.6 is 11.3 Å². The van der Waals surface area contributed by atoms with Gasteiger partial charge < -0.3 is 19.9 Å². The van der Waals surface area contributed by atoms with Gasteiger partial charge in [-0.05, 0) is 50.3 Å². The van der Waals surface area contributed by atoms with E-state index in [1.54, 1.807) is 6.07 Å². The van der Waals surface area contributed by atoms with Gasteiger partial charge in [0, 0.05) is 23.7 Å². The van der Waals surface area contributed by atoms with Crippen molar-refractivity contribution in [1.29, 1.82) is 0 Å². The third-order valence-corrected chi connectivity index (χ3v) is 7.33. The van der Waals surface area contributed by atoms with E-state index in [1.165, 1.54) is 23.9 Å². The normalized spacial score (nSPS) is 19.4. The number of aliphatic hydroxyl groups excluding tert-OH is 1. The molecule has 0 radical (unpaired) electrons. The number of rotatable bonds is 12. The number of benzene rings is 1. The van der Waals surface area contributed by atoms with Crippen molar-refractivity contribution in [3.05, 3.63) is 64.2 Å². The van der Waals surface area contributed by atoms with Crippen LogP contribution in [0.5, 0.6) is 11.5 Å². The third kappa shape index (κ3) is 7.48. The van der Waals surface area contributed by atoms with Crippen LogP contribution in [0.3, 0.4) is 0 Å². The minimum atomic E-state index is -4.10. The number of carbonyl (C=O) groups excluding carboxylic acids is 1. The van der Waals surface area contributed by atoms with E-state index in [-0.39, 0.29) is 36.7 Å². The largest absolute Gasteiger partial charge is 0.487 e. The van der Waals surface area contributed by atoms with Crippen LogP contribution in [-0.2, 0) is 21.1 Å². The molecule has 0 spiro atoms. The number of nitrogens with one attached hydrogen (secondary N) is 1. The number of ketones is 1. The zero-order valence-corrected chi connectivity index (χ0v) is 22.6. The number of hydrogen-bond acceptors (Lipinski definition) is 11. The van der Waals surface area contributed by atoms with Crippen LogP contribution in [0.15, 0.2) is 48.2 Å². The van der Waals surface area contributed by atoms with Crippen molar-refractivity contribution in [2.24, 2.45) is 11.1 Å². The maximum Gasteiger partial charge on any atom is 0.333 e. The third-order valence-electron chi connectivity index (χ3n) is 5.89. The number of hydrogen-bond donors (Lipinski definition) is 3. The second-order valence-electron chi connectivity index (χ2n) is 9.25. The summed E-state index contributed by atoms with van der Waals surface area (Å²) in [6.07, 6.45) is 2.74. The summed E-state index contributed by atoms with van der Waals surface area (Å²) in [6, 6.07) is 8.95. The van der Waals surface area contributed by atoms with Gasteiger partial charge in [0.25, 0.3) is 0 Å². The lowest BCUT2D eigenvalue weighted by atomic mass is 10.1. The van der Waals surface area contributed by atoms with E-state index in [4.69, 9.17) is 14.6 Å². The first-order valence-electron chi connectivity index (χ1n) is 12.0. The number of ether oxygens (including phenoxy) is 2. The SMILES string of the molecule is CC(C)Oc1ccccc1OCc1csc(C(=O)c2cncnc2N[C@@H]2C[C@H](COS(N)(=O)=O)[C@@H](O)C2)c1. The van der Waals surface area contributed by atoms with Gasteiger partial charge in [0.1, 0.15) is 18.8 Å². The Kier molecular flexibility index (Phi) is 8.95. The molecule has 11 nitrogen and oxygen atoms in total. The number of nitrogens with two attached hydrogens (primary N) is 1. The molecule has 1 aromatic carbocycles. The molecule has 2 heterocycles. The molecule has 3 aromatic rings. The Morgan fingerprint density at radius 2 is 2.03 bits per heavy atom. The van der Waals surface area contributed by atoms with Crippen molar-refractivity contribution >= 4 is 33.2 Å². The van der Waals surface area contributed by atoms with Gasteiger partial charge in [-0.2, -0.15) is 8.42 Å². The summed E-state index contributed by atoms with van der Waals surface area (Å²) in [7, 11) is -4.10. The molecule has 0 aliphatic heterocycles. The van der Waals surface area contributed by atoms with E-state index >= 15 is 0 Å². The summed E-state index contributed by atoms with van der Waals surface area (Å²) in [6.45, 7) is 3.93. The summed E-state index contributed by atoms with van der Waals surface area (Å²) >= 11 is 1.29. The minimum Gasteiger partial charge on any atom is -0.487 e. The Balaban J connectivity index is 1.40. The van der Waals surface area contributed by atoms with Gasteiger partial charge in [-0.1, -0.05) is 12.1 Å². The van der Waals surface area contributed by atoms with E-state index in [2.05, 4.69) is 19.5 Å². The highest BCUT2D eigenvalue weighted by Gasteiger charge is 2.34. The van der Waals surface area contributed by atoms with Gasteiger partial charge in [0.15, 0.2) is 11.5 Å². The lowest BCUT2D eigenvalue weighted by Crippen LogP contribution is -2.24. The number of para-hydroxylation sites is 2. The van der Waals surface area contributed by atoms with Crippen LogP contribution in [0.2, 0.25) is 0 Å². The van der Waals surface area contributed by atoms with Gasteiger partial charge in [-0.3, -0.25) is 8.98 Å². The molecule has 0 bridgehead atoms. The zero-order chi connectivity index (χ0) is 27.3. The first-order valence-corrected chi connectivity index (χ1v) is 14.4. The van der Waals surface area contributed by atoms with Crippen LogP contribution in [0, 0.1) is 5.92 Å². The molecule has 3 atom stereocenters. The molecule has 2 aromatic heterocycles. The monoisotopic (exact) mass is 562 g/mol.